The van der Waals surface area contributed by atoms with E-state index in [0.717, 1.165) is 10.9 Å². The number of rotatable bonds is 6. The molecule has 0 aliphatic heterocycles. The number of hydrogen-bond acceptors (Lipinski definition) is 6. The van der Waals surface area contributed by atoms with E-state index in [1.165, 1.54) is 23.9 Å². The highest BCUT2D eigenvalue weighted by molar-refractivity contribution is 5.83. The van der Waals surface area contributed by atoms with Crippen LogP contribution in [-0.4, -0.2) is 36.6 Å². The Morgan fingerprint density at radius 2 is 2.33 bits per heavy atom. The van der Waals surface area contributed by atoms with Gasteiger partial charge < -0.3 is 10.1 Å². The molecule has 1 amide bonds. The lowest BCUT2D eigenvalue weighted by atomic mass is 10.3. The molecule has 2 aromatic rings. The van der Waals surface area contributed by atoms with Crippen molar-refractivity contribution in [1.29, 1.82) is 0 Å². The average Bonchev–Trinajstić information content (AvgIpc) is 3.10. The van der Waals surface area contributed by atoms with Gasteiger partial charge in [0, 0.05) is 6.54 Å². The van der Waals surface area contributed by atoms with Crippen molar-refractivity contribution >= 4 is 17.9 Å². The minimum Gasteiger partial charge on any atom is -0.358 e. The standard InChI is InChI=1S/C13H16FN7O3/c1-4-19-12(14)10(7-16-19)6-15-17-13(22)9(3)20-8(2)5-11(18-20)21(23)24/h5-7,9H,4H2,1-3H3,(H,17,22)/b15-6-/t9-/m0/s1. The van der Waals surface area contributed by atoms with E-state index in [9.17, 15) is 19.3 Å². The second kappa shape index (κ2) is 6.98. The van der Waals surface area contributed by atoms with Crippen LogP contribution in [0.15, 0.2) is 17.4 Å². The molecule has 0 fully saturated rings. The Morgan fingerprint density at radius 1 is 1.62 bits per heavy atom. The third-order valence-electron chi connectivity index (χ3n) is 3.32. The van der Waals surface area contributed by atoms with E-state index in [2.05, 4.69) is 20.7 Å². The molecule has 0 spiro atoms. The fraction of sp³-hybridized carbons (Fsp3) is 0.385. The van der Waals surface area contributed by atoms with E-state index in [1.54, 1.807) is 13.8 Å². The quantitative estimate of drug-likeness (QED) is 0.482. The Morgan fingerprint density at radius 3 is 2.88 bits per heavy atom. The van der Waals surface area contributed by atoms with Gasteiger partial charge in [0.05, 0.1) is 34.8 Å². The van der Waals surface area contributed by atoms with E-state index in [0.29, 0.717) is 12.2 Å². The number of nitrogens with zero attached hydrogens (tertiary/aromatic N) is 6. The van der Waals surface area contributed by atoms with Crippen LogP contribution in [0.5, 0.6) is 0 Å². The summed E-state index contributed by atoms with van der Waals surface area (Å²) in [5.41, 5.74) is 2.84. The van der Waals surface area contributed by atoms with Gasteiger partial charge in [-0.15, -0.1) is 0 Å². The van der Waals surface area contributed by atoms with Crippen LogP contribution in [0.3, 0.4) is 0 Å². The number of hydrazone groups is 1. The first-order valence-corrected chi connectivity index (χ1v) is 7.09. The molecular formula is C13H16FN7O3. The number of halogens is 1. The largest absolute Gasteiger partial charge is 0.390 e. The zero-order valence-corrected chi connectivity index (χ0v) is 13.3. The van der Waals surface area contributed by atoms with E-state index in [1.807, 2.05) is 0 Å². The minimum absolute atomic E-state index is 0.135. The fourth-order valence-corrected chi connectivity index (χ4v) is 2.01. The van der Waals surface area contributed by atoms with Crippen molar-refractivity contribution in [2.45, 2.75) is 33.4 Å². The SMILES string of the molecule is CCn1ncc(/C=N\NC(=O)[C@H](C)n2nc([N+](=O)[O-])cc2C)c1F. The molecule has 0 aromatic carbocycles. The first-order valence-electron chi connectivity index (χ1n) is 7.09. The number of nitrogens with one attached hydrogen (secondary N) is 1. The molecule has 1 atom stereocenters. The van der Waals surface area contributed by atoms with Crippen LogP contribution in [0.4, 0.5) is 10.2 Å². The lowest BCUT2D eigenvalue weighted by Crippen LogP contribution is -2.28. The normalized spacial score (nSPS) is 12.5. The summed E-state index contributed by atoms with van der Waals surface area (Å²) in [4.78, 5) is 22.1. The highest BCUT2D eigenvalue weighted by Gasteiger charge is 2.24. The highest BCUT2D eigenvalue weighted by Crippen LogP contribution is 2.16. The van der Waals surface area contributed by atoms with Crippen molar-refractivity contribution in [3.8, 4) is 0 Å². The molecule has 0 radical (unpaired) electrons. The number of carbonyl (C=O) groups is 1. The summed E-state index contributed by atoms with van der Waals surface area (Å²) in [6.45, 7) is 5.23. The van der Waals surface area contributed by atoms with Crippen LogP contribution in [0.1, 0.15) is 31.1 Å². The molecule has 11 heteroatoms. The van der Waals surface area contributed by atoms with Gasteiger partial charge in [-0.25, -0.2) is 10.1 Å². The molecule has 10 nitrogen and oxygen atoms in total. The molecule has 0 aliphatic carbocycles. The Bertz CT molecular complexity index is 796. The molecule has 1 N–H and O–H groups in total. The second-order valence-corrected chi connectivity index (χ2v) is 4.96. The van der Waals surface area contributed by atoms with Crippen LogP contribution in [0, 0.1) is 23.0 Å². The molecule has 0 saturated heterocycles. The van der Waals surface area contributed by atoms with Gasteiger partial charge in [0.1, 0.15) is 0 Å². The fourth-order valence-electron chi connectivity index (χ4n) is 2.01. The zero-order chi connectivity index (χ0) is 17.9. The lowest BCUT2D eigenvalue weighted by molar-refractivity contribution is -0.389. The summed E-state index contributed by atoms with van der Waals surface area (Å²) in [6, 6.07) is 0.445. The molecule has 2 rings (SSSR count). The lowest BCUT2D eigenvalue weighted by Gasteiger charge is -2.08. The maximum absolute atomic E-state index is 13.7. The summed E-state index contributed by atoms with van der Waals surface area (Å²) in [5.74, 6) is -1.44. The smallest absolute Gasteiger partial charge is 0.358 e. The summed E-state index contributed by atoms with van der Waals surface area (Å²) < 4.78 is 16.1. The van der Waals surface area contributed by atoms with Crippen molar-refractivity contribution in [2.75, 3.05) is 0 Å². The maximum atomic E-state index is 13.7. The van der Waals surface area contributed by atoms with Crippen LogP contribution in [0.25, 0.3) is 0 Å². The zero-order valence-electron chi connectivity index (χ0n) is 13.3. The third-order valence-corrected chi connectivity index (χ3v) is 3.32. The molecule has 128 valence electrons. The molecule has 2 aromatic heterocycles. The van der Waals surface area contributed by atoms with Gasteiger partial charge in [-0.05, 0) is 25.7 Å². The van der Waals surface area contributed by atoms with E-state index >= 15 is 0 Å². The Kier molecular flexibility index (Phi) is 5.02. The van der Waals surface area contributed by atoms with Crippen LogP contribution in [-0.2, 0) is 11.3 Å². The van der Waals surface area contributed by atoms with Gasteiger partial charge in [-0.2, -0.15) is 19.3 Å². The Balaban J connectivity index is 2.05. The predicted molar refractivity (Wildman–Crippen MR) is 81.9 cm³/mol. The van der Waals surface area contributed by atoms with Crippen LogP contribution >= 0.6 is 0 Å². The molecule has 24 heavy (non-hydrogen) atoms. The number of aryl methyl sites for hydroxylation is 2. The van der Waals surface area contributed by atoms with Gasteiger partial charge in [0.25, 0.3) is 5.91 Å². The molecule has 2 heterocycles. The van der Waals surface area contributed by atoms with Crippen molar-refractivity contribution in [3.05, 3.63) is 39.6 Å². The summed E-state index contributed by atoms with van der Waals surface area (Å²) >= 11 is 0. The molecule has 0 unspecified atom stereocenters. The summed E-state index contributed by atoms with van der Waals surface area (Å²) in [5, 5.41) is 21.9. The van der Waals surface area contributed by atoms with Gasteiger partial charge in [-0.1, -0.05) is 0 Å². The van der Waals surface area contributed by atoms with Gasteiger partial charge in [0.2, 0.25) is 5.95 Å². The van der Waals surface area contributed by atoms with Crippen LogP contribution in [0.2, 0.25) is 0 Å². The Hall–Kier alpha value is -3.11. The second-order valence-electron chi connectivity index (χ2n) is 4.96. The summed E-state index contributed by atoms with van der Waals surface area (Å²) in [7, 11) is 0. The average molecular weight is 337 g/mol. The highest BCUT2D eigenvalue weighted by atomic mass is 19.1. The van der Waals surface area contributed by atoms with Crippen LogP contribution < -0.4 is 5.43 Å². The van der Waals surface area contributed by atoms with E-state index in [-0.39, 0.29) is 11.4 Å². The summed E-state index contributed by atoms with van der Waals surface area (Å²) in [6.07, 6.45) is 2.43. The van der Waals surface area contributed by atoms with E-state index in [4.69, 9.17) is 0 Å². The first-order chi connectivity index (χ1) is 11.3. The maximum Gasteiger partial charge on any atom is 0.390 e. The monoisotopic (exact) mass is 337 g/mol. The van der Waals surface area contributed by atoms with E-state index < -0.39 is 22.8 Å². The van der Waals surface area contributed by atoms with Gasteiger partial charge >= 0.3 is 5.82 Å². The number of hydrogen-bond donors (Lipinski definition) is 1. The molecule has 0 bridgehead atoms. The third kappa shape index (κ3) is 3.45. The molecule has 0 aliphatic rings. The number of aromatic nitrogens is 4. The van der Waals surface area contributed by atoms with Crippen molar-refractivity contribution in [1.82, 2.24) is 25.0 Å². The topological polar surface area (TPSA) is 120 Å². The first kappa shape index (κ1) is 17.2. The molecule has 0 saturated carbocycles. The number of nitro groups is 1. The predicted octanol–water partition coefficient (Wildman–Crippen LogP) is 1.17. The minimum atomic E-state index is -0.820. The van der Waals surface area contributed by atoms with Gasteiger partial charge in [0.15, 0.2) is 6.04 Å². The van der Waals surface area contributed by atoms with Crippen molar-refractivity contribution in [2.24, 2.45) is 5.10 Å². The van der Waals surface area contributed by atoms with Crippen molar-refractivity contribution in [3.63, 3.8) is 0 Å². The number of amides is 1. The molecular weight excluding hydrogens is 321 g/mol. The number of carbonyl (C=O) groups excluding carboxylic acids is 1. The Labute approximate surface area is 136 Å². The van der Waals surface area contributed by atoms with Gasteiger partial charge in [-0.3, -0.25) is 4.79 Å². The van der Waals surface area contributed by atoms with Crippen molar-refractivity contribution < 1.29 is 14.1 Å².